The number of rotatable bonds is 5. The molecule has 4 nitrogen and oxygen atoms in total. The SMILES string of the molecule is O=[N+]([O-])c1ccc(F)cc1OC(CF)CF. The first-order chi connectivity index (χ1) is 7.58. The molecule has 0 fully saturated rings. The first-order valence-corrected chi connectivity index (χ1v) is 4.31. The van der Waals surface area contributed by atoms with E-state index in [0.29, 0.717) is 0 Å². The minimum absolute atomic E-state index is 0.481. The smallest absolute Gasteiger partial charge is 0.311 e. The Balaban J connectivity index is 3.00. The second-order valence-corrected chi connectivity index (χ2v) is 2.92. The van der Waals surface area contributed by atoms with E-state index in [9.17, 15) is 23.3 Å². The average molecular weight is 235 g/mol. The molecular weight excluding hydrogens is 227 g/mol. The van der Waals surface area contributed by atoms with Gasteiger partial charge in [-0.25, -0.2) is 13.2 Å². The summed E-state index contributed by atoms with van der Waals surface area (Å²) >= 11 is 0. The fourth-order valence-corrected chi connectivity index (χ4v) is 1.02. The van der Waals surface area contributed by atoms with Crippen LogP contribution in [0, 0.1) is 15.9 Å². The van der Waals surface area contributed by atoms with E-state index in [1.54, 1.807) is 0 Å². The summed E-state index contributed by atoms with van der Waals surface area (Å²) in [7, 11) is 0. The van der Waals surface area contributed by atoms with Crippen LogP contribution in [0.1, 0.15) is 0 Å². The highest BCUT2D eigenvalue weighted by Gasteiger charge is 2.19. The molecule has 0 saturated heterocycles. The Morgan fingerprint density at radius 3 is 2.50 bits per heavy atom. The molecule has 1 rings (SSSR count). The van der Waals surface area contributed by atoms with Crippen molar-refractivity contribution in [2.75, 3.05) is 13.3 Å². The van der Waals surface area contributed by atoms with Gasteiger partial charge in [0.1, 0.15) is 19.2 Å². The van der Waals surface area contributed by atoms with Crippen molar-refractivity contribution in [3.8, 4) is 5.75 Å². The lowest BCUT2D eigenvalue weighted by molar-refractivity contribution is -0.386. The Labute approximate surface area is 88.8 Å². The van der Waals surface area contributed by atoms with Crippen LogP contribution >= 0.6 is 0 Å². The molecule has 0 amide bonds. The van der Waals surface area contributed by atoms with Gasteiger partial charge in [-0.05, 0) is 6.07 Å². The Bertz CT molecular complexity index is 382. The first kappa shape index (κ1) is 12.3. The summed E-state index contributed by atoms with van der Waals surface area (Å²) in [5.74, 6) is -1.26. The molecule has 0 atom stereocenters. The number of nitro benzene ring substituents is 1. The molecular formula is C9H8F3NO3. The Morgan fingerprint density at radius 1 is 1.38 bits per heavy atom. The van der Waals surface area contributed by atoms with Gasteiger partial charge >= 0.3 is 5.69 Å². The number of nitrogens with zero attached hydrogens (tertiary/aromatic N) is 1. The number of ether oxygens (including phenoxy) is 1. The van der Waals surface area contributed by atoms with Crippen LogP contribution in [-0.4, -0.2) is 24.4 Å². The van der Waals surface area contributed by atoms with Crippen LogP contribution < -0.4 is 4.74 Å². The lowest BCUT2D eigenvalue weighted by atomic mass is 10.3. The molecule has 0 aliphatic heterocycles. The molecule has 0 unspecified atom stereocenters. The summed E-state index contributed by atoms with van der Waals surface area (Å²) in [6.45, 7) is -2.30. The molecule has 1 aromatic carbocycles. The summed E-state index contributed by atoms with van der Waals surface area (Å²) in [5.41, 5.74) is -0.534. The third-order valence-electron chi connectivity index (χ3n) is 1.76. The van der Waals surface area contributed by atoms with Crippen LogP contribution in [0.5, 0.6) is 5.75 Å². The third kappa shape index (κ3) is 2.85. The zero-order valence-electron chi connectivity index (χ0n) is 8.03. The average Bonchev–Trinajstić information content (AvgIpc) is 2.25. The molecule has 0 radical (unpaired) electrons. The zero-order chi connectivity index (χ0) is 12.1. The predicted molar refractivity (Wildman–Crippen MR) is 49.4 cm³/mol. The molecule has 0 saturated carbocycles. The van der Waals surface area contributed by atoms with Crippen LogP contribution in [0.4, 0.5) is 18.9 Å². The number of hydrogen-bond acceptors (Lipinski definition) is 3. The van der Waals surface area contributed by atoms with Crippen molar-refractivity contribution in [3.05, 3.63) is 34.1 Å². The van der Waals surface area contributed by atoms with Crippen LogP contribution in [0.15, 0.2) is 18.2 Å². The van der Waals surface area contributed by atoms with Gasteiger partial charge in [-0.2, -0.15) is 0 Å². The van der Waals surface area contributed by atoms with Crippen LogP contribution in [0.2, 0.25) is 0 Å². The lowest BCUT2D eigenvalue weighted by Gasteiger charge is -2.12. The van der Waals surface area contributed by atoms with Crippen molar-refractivity contribution in [3.63, 3.8) is 0 Å². The summed E-state index contributed by atoms with van der Waals surface area (Å²) in [6, 6.07) is 2.46. The molecule has 0 aliphatic carbocycles. The van der Waals surface area contributed by atoms with Gasteiger partial charge in [0.05, 0.1) is 4.92 Å². The van der Waals surface area contributed by atoms with Crippen molar-refractivity contribution < 1.29 is 22.8 Å². The molecule has 0 heterocycles. The van der Waals surface area contributed by atoms with E-state index >= 15 is 0 Å². The van der Waals surface area contributed by atoms with Crippen molar-refractivity contribution in [1.82, 2.24) is 0 Å². The molecule has 16 heavy (non-hydrogen) atoms. The molecule has 0 spiro atoms. The van der Waals surface area contributed by atoms with Gasteiger partial charge in [-0.1, -0.05) is 0 Å². The van der Waals surface area contributed by atoms with Crippen LogP contribution in [0.25, 0.3) is 0 Å². The maximum Gasteiger partial charge on any atom is 0.311 e. The van der Waals surface area contributed by atoms with Gasteiger partial charge in [0.15, 0.2) is 11.9 Å². The standard InChI is InChI=1S/C9H8F3NO3/c10-4-7(5-11)16-9-3-6(12)1-2-8(9)13(14)15/h1-3,7H,4-5H2. The van der Waals surface area contributed by atoms with Crippen molar-refractivity contribution >= 4 is 5.69 Å². The largest absolute Gasteiger partial charge is 0.478 e. The molecule has 0 aliphatic rings. The number of halogens is 3. The van der Waals surface area contributed by atoms with Gasteiger partial charge in [-0.3, -0.25) is 10.1 Å². The van der Waals surface area contributed by atoms with E-state index < -0.39 is 41.6 Å². The summed E-state index contributed by atoms with van der Waals surface area (Å²) in [4.78, 5) is 9.69. The Hall–Kier alpha value is -1.79. The van der Waals surface area contributed by atoms with Crippen LogP contribution in [-0.2, 0) is 0 Å². The first-order valence-electron chi connectivity index (χ1n) is 4.31. The van der Waals surface area contributed by atoms with Crippen LogP contribution in [0.3, 0.4) is 0 Å². The summed E-state index contributed by atoms with van der Waals surface area (Å²) < 4.78 is 41.7. The van der Waals surface area contributed by atoms with Crippen molar-refractivity contribution in [2.45, 2.75) is 6.10 Å². The summed E-state index contributed by atoms with van der Waals surface area (Å²) in [6.07, 6.45) is -1.46. The maximum absolute atomic E-state index is 12.8. The number of nitro groups is 1. The minimum Gasteiger partial charge on any atom is -0.478 e. The second-order valence-electron chi connectivity index (χ2n) is 2.92. The van der Waals surface area contributed by atoms with E-state index in [2.05, 4.69) is 4.74 Å². The van der Waals surface area contributed by atoms with E-state index in [4.69, 9.17) is 0 Å². The highest BCUT2D eigenvalue weighted by molar-refractivity contribution is 5.46. The lowest BCUT2D eigenvalue weighted by Crippen LogP contribution is -2.21. The maximum atomic E-state index is 12.8. The molecule has 7 heteroatoms. The van der Waals surface area contributed by atoms with Gasteiger partial charge in [-0.15, -0.1) is 0 Å². The van der Waals surface area contributed by atoms with E-state index in [1.807, 2.05) is 0 Å². The molecule has 88 valence electrons. The van der Waals surface area contributed by atoms with Gasteiger partial charge in [0.2, 0.25) is 0 Å². The highest BCUT2D eigenvalue weighted by atomic mass is 19.1. The Morgan fingerprint density at radius 2 is 2.00 bits per heavy atom. The highest BCUT2D eigenvalue weighted by Crippen LogP contribution is 2.28. The molecule has 0 N–H and O–H groups in total. The number of alkyl halides is 2. The van der Waals surface area contributed by atoms with Gasteiger partial charge in [0, 0.05) is 12.1 Å². The van der Waals surface area contributed by atoms with Crippen molar-refractivity contribution in [2.24, 2.45) is 0 Å². The fourth-order valence-electron chi connectivity index (χ4n) is 1.02. The number of benzene rings is 1. The van der Waals surface area contributed by atoms with E-state index in [-0.39, 0.29) is 0 Å². The predicted octanol–water partition coefficient (Wildman–Crippen LogP) is 2.42. The molecule has 1 aromatic rings. The second kappa shape index (κ2) is 5.34. The number of hydrogen-bond donors (Lipinski definition) is 0. The monoisotopic (exact) mass is 235 g/mol. The zero-order valence-corrected chi connectivity index (χ0v) is 8.03. The Kier molecular flexibility index (Phi) is 4.10. The molecule has 0 bridgehead atoms. The van der Waals surface area contributed by atoms with Gasteiger partial charge < -0.3 is 4.74 Å². The normalized spacial score (nSPS) is 10.5. The van der Waals surface area contributed by atoms with Crippen molar-refractivity contribution in [1.29, 1.82) is 0 Å². The third-order valence-corrected chi connectivity index (χ3v) is 1.76. The summed E-state index contributed by atoms with van der Waals surface area (Å²) in [5, 5.41) is 10.5. The molecule has 0 aromatic heterocycles. The topological polar surface area (TPSA) is 52.4 Å². The minimum atomic E-state index is -1.46. The fraction of sp³-hybridized carbons (Fsp3) is 0.333. The van der Waals surface area contributed by atoms with E-state index in [1.165, 1.54) is 0 Å². The van der Waals surface area contributed by atoms with E-state index in [0.717, 1.165) is 18.2 Å². The van der Waals surface area contributed by atoms with Gasteiger partial charge in [0.25, 0.3) is 0 Å². The quantitative estimate of drug-likeness (QED) is 0.581.